The van der Waals surface area contributed by atoms with E-state index >= 15 is 0 Å². The number of para-hydroxylation sites is 1. The van der Waals surface area contributed by atoms with E-state index < -0.39 is 11.6 Å². The molecule has 0 bridgehead atoms. The number of nitrogens with one attached hydrogen (secondary N) is 2. The van der Waals surface area contributed by atoms with Crippen LogP contribution in [0.3, 0.4) is 0 Å². The van der Waals surface area contributed by atoms with Crippen molar-refractivity contribution >= 4 is 39.4 Å². The summed E-state index contributed by atoms with van der Waals surface area (Å²) in [6.45, 7) is 3.88. The molecule has 0 radical (unpaired) electrons. The van der Waals surface area contributed by atoms with Crippen LogP contribution in [0.25, 0.3) is 10.2 Å². The highest BCUT2D eigenvalue weighted by atomic mass is 32.1. The van der Waals surface area contributed by atoms with Gasteiger partial charge in [0.05, 0.1) is 21.8 Å². The minimum atomic E-state index is -0.847. The lowest BCUT2D eigenvalue weighted by molar-refractivity contribution is -0.140. The molecule has 2 saturated heterocycles. The van der Waals surface area contributed by atoms with Gasteiger partial charge in [0.2, 0.25) is 0 Å². The second-order valence-electron chi connectivity index (χ2n) is 9.46. The SMILES string of the molecule is CC1CCC2(CC1)NC(=O)N(NC(=O)CN1CCCC(c3nc4ccccc4s3)C1)C2=O. The Balaban J connectivity index is 1.19. The Hall–Kier alpha value is -2.52. The molecule has 170 valence electrons. The van der Waals surface area contributed by atoms with Crippen LogP contribution in [0.1, 0.15) is 56.4 Å². The number of carbonyl (C=O) groups excluding carboxylic acids is 3. The number of fused-ring (bicyclic) bond motifs is 1. The highest BCUT2D eigenvalue weighted by molar-refractivity contribution is 7.18. The Bertz CT molecular complexity index is 1010. The number of carbonyl (C=O) groups is 3. The summed E-state index contributed by atoms with van der Waals surface area (Å²) in [4.78, 5) is 45.0. The van der Waals surface area contributed by atoms with Gasteiger partial charge in [0.25, 0.3) is 11.8 Å². The number of urea groups is 1. The van der Waals surface area contributed by atoms with Gasteiger partial charge in [-0.3, -0.25) is 19.9 Å². The van der Waals surface area contributed by atoms with E-state index in [2.05, 4.69) is 28.6 Å². The van der Waals surface area contributed by atoms with E-state index in [0.717, 1.165) is 54.3 Å². The first-order valence-electron chi connectivity index (χ1n) is 11.5. The number of piperidine rings is 1. The maximum atomic E-state index is 13.0. The molecular weight excluding hydrogens is 426 g/mol. The van der Waals surface area contributed by atoms with E-state index in [0.29, 0.717) is 18.8 Å². The topological polar surface area (TPSA) is 94.6 Å². The number of rotatable bonds is 4. The summed E-state index contributed by atoms with van der Waals surface area (Å²) in [5.41, 5.74) is 2.74. The van der Waals surface area contributed by atoms with E-state index in [4.69, 9.17) is 4.98 Å². The third kappa shape index (κ3) is 3.99. The summed E-state index contributed by atoms with van der Waals surface area (Å²) in [6, 6.07) is 7.61. The molecule has 8 nitrogen and oxygen atoms in total. The highest BCUT2D eigenvalue weighted by Gasteiger charge is 2.52. The third-order valence-electron chi connectivity index (χ3n) is 7.06. The summed E-state index contributed by atoms with van der Waals surface area (Å²) >= 11 is 1.72. The molecule has 2 N–H and O–H groups in total. The van der Waals surface area contributed by atoms with Crippen LogP contribution in [0.15, 0.2) is 24.3 Å². The molecule has 2 aromatic rings. The molecule has 1 unspecified atom stereocenters. The largest absolute Gasteiger partial charge is 0.344 e. The molecular formula is C23H29N5O3S. The number of benzene rings is 1. The van der Waals surface area contributed by atoms with Crippen LogP contribution in [-0.4, -0.2) is 57.9 Å². The number of aromatic nitrogens is 1. The molecule has 1 aromatic heterocycles. The zero-order chi connectivity index (χ0) is 22.3. The zero-order valence-electron chi connectivity index (χ0n) is 18.3. The van der Waals surface area contributed by atoms with Crippen molar-refractivity contribution < 1.29 is 14.4 Å². The van der Waals surface area contributed by atoms with Crippen LogP contribution in [0.2, 0.25) is 0 Å². The molecule has 1 aliphatic carbocycles. The summed E-state index contributed by atoms with van der Waals surface area (Å²) in [5.74, 6) is 0.183. The highest BCUT2D eigenvalue weighted by Crippen LogP contribution is 2.36. The van der Waals surface area contributed by atoms with Crippen molar-refractivity contribution in [3.8, 4) is 0 Å². The van der Waals surface area contributed by atoms with Crippen molar-refractivity contribution in [2.75, 3.05) is 19.6 Å². The van der Waals surface area contributed by atoms with E-state index in [1.807, 2.05) is 18.2 Å². The third-order valence-corrected chi connectivity index (χ3v) is 8.26. The maximum absolute atomic E-state index is 13.0. The Morgan fingerprint density at radius 2 is 2.03 bits per heavy atom. The average molecular weight is 456 g/mol. The first kappa shape index (κ1) is 21.3. The number of imide groups is 1. The van der Waals surface area contributed by atoms with Gasteiger partial charge in [-0.15, -0.1) is 11.3 Å². The Labute approximate surface area is 191 Å². The number of hydrogen-bond donors (Lipinski definition) is 2. The fourth-order valence-electron chi connectivity index (χ4n) is 5.14. The zero-order valence-corrected chi connectivity index (χ0v) is 19.1. The molecule has 32 heavy (non-hydrogen) atoms. The smallest absolute Gasteiger partial charge is 0.322 e. The minimum Gasteiger partial charge on any atom is -0.322 e. The quantitative estimate of drug-likeness (QED) is 0.691. The number of hydrazine groups is 1. The monoisotopic (exact) mass is 455 g/mol. The standard InChI is InChI=1S/C23H29N5O3S/c1-15-8-10-23(11-9-15)21(30)28(22(31)25-23)26-19(29)14-27-12-4-5-16(13-27)20-24-17-6-2-3-7-18(17)32-20/h2-3,6-7,15-16H,4-5,8-14H2,1H3,(H,25,31)(H,26,29). The van der Waals surface area contributed by atoms with E-state index in [-0.39, 0.29) is 24.3 Å². The fraction of sp³-hybridized carbons (Fsp3) is 0.565. The second-order valence-corrected chi connectivity index (χ2v) is 10.5. The van der Waals surface area contributed by atoms with Gasteiger partial charge in [-0.25, -0.2) is 9.78 Å². The van der Waals surface area contributed by atoms with Crippen LogP contribution < -0.4 is 10.7 Å². The van der Waals surface area contributed by atoms with Gasteiger partial charge in [0.15, 0.2) is 0 Å². The maximum Gasteiger partial charge on any atom is 0.344 e. The van der Waals surface area contributed by atoms with Crippen LogP contribution in [0, 0.1) is 5.92 Å². The molecule has 1 atom stereocenters. The van der Waals surface area contributed by atoms with Gasteiger partial charge in [-0.2, -0.15) is 5.01 Å². The molecule has 3 fully saturated rings. The molecule has 3 heterocycles. The number of nitrogens with zero attached hydrogens (tertiary/aromatic N) is 3. The molecule has 1 aromatic carbocycles. The van der Waals surface area contributed by atoms with E-state index in [9.17, 15) is 14.4 Å². The predicted molar refractivity (Wildman–Crippen MR) is 122 cm³/mol. The van der Waals surface area contributed by atoms with Gasteiger partial charge in [0.1, 0.15) is 5.54 Å². The van der Waals surface area contributed by atoms with Crippen molar-refractivity contribution in [2.24, 2.45) is 5.92 Å². The first-order valence-corrected chi connectivity index (χ1v) is 12.3. The summed E-state index contributed by atoms with van der Waals surface area (Å²) < 4.78 is 1.18. The van der Waals surface area contributed by atoms with Crippen molar-refractivity contribution in [3.63, 3.8) is 0 Å². The van der Waals surface area contributed by atoms with Crippen molar-refractivity contribution in [3.05, 3.63) is 29.3 Å². The number of hydrogen-bond acceptors (Lipinski definition) is 6. The lowest BCUT2D eigenvalue weighted by Gasteiger charge is -2.33. The molecule has 5 rings (SSSR count). The number of likely N-dealkylation sites (tertiary alicyclic amines) is 1. The molecule has 2 aliphatic heterocycles. The van der Waals surface area contributed by atoms with Crippen LogP contribution >= 0.6 is 11.3 Å². The number of thiazole rings is 1. The van der Waals surface area contributed by atoms with Gasteiger partial charge < -0.3 is 5.32 Å². The first-order chi connectivity index (χ1) is 15.4. The lowest BCUT2D eigenvalue weighted by atomic mass is 9.77. The summed E-state index contributed by atoms with van der Waals surface area (Å²) in [6.07, 6.45) is 5.08. The predicted octanol–water partition coefficient (Wildman–Crippen LogP) is 3.01. The average Bonchev–Trinajstić information content (AvgIpc) is 3.31. The van der Waals surface area contributed by atoms with Gasteiger partial charge in [-0.1, -0.05) is 19.1 Å². The van der Waals surface area contributed by atoms with Gasteiger partial charge in [-0.05, 0) is 63.1 Å². The molecule has 1 spiro atoms. The molecule has 4 amide bonds. The lowest BCUT2D eigenvalue weighted by Crippen LogP contribution is -2.53. The van der Waals surface area contributed by atoms with Crippen molar-refractivity contribution in [2.45, 2.75) is 56.9 Å². The van der Waals surface area contributed by atoms with Crippen LogP contribution in [0.5, 0.6) is 0 Å². The number of amides is 4. The molecule has 3 aliphatic rings. The summed E-state index contributed by atoms with van der Waals surface area (Å²) in [5, 5.41) is 4.85. The summed E-state index contributed by atoms with van der Waals surface area (Å²) in [7, 11) is 0. The van der Waals surface area contributed by atoms with Crippen molar-refractivity contribution in [1.82, 2.24) is 25.6 Å². The molecule has 1 saturated carbocycles. The van der Waals surface area contributed by atoms with Crippen LogP contribution in [-0.2, 0) is 9.59 Å². The van der Waals surface area contributed by atoms with E-state index in [1.54, 1.807) is 11.3 Å². The minimum absolute atomic E-state index is 0.155. The normalized spacial score (nSPS) is 29.0. The van der Waals surface area contributed by atoms with Gasteiger partial charge >= 0.3 is 6.03 Å². The van der Waals surface area contributed by atoms with Crippen LogP contribution in [0.4, 0.5) is 4.79 Å². The Morgan fingerprint density at radius 1 is 1.25 bits per heavy atom. The fourth-order valence-corrected chi connectivity index (χ4v) is 6.24. The Morgan fingerprint density at radius 3 is 2.81 bits per heavy atom. The van der Waals surface area contributed by atoms with E-state index in [1.165, 1.54) is 4.70 Å². The van der Waals surface area contributed by atoms with Gasteiger partial charge in [0, 0.05) is 12.5 Å². The second kappa shape index (κ2) is 8.44. The molecule has 9 heteroatoms. The van der Waals surface area contributed by atoms with Crippen molar-refractivity contribution in [1.29, 1.82) is 0 Å². The Kier molecular flexibility index (Phi) is 5.63.